The average Bonchev–Trinajstić information content (AvgIpc) is 3.16. The van der Waals surface area contributed by atoms with Crippen LogP contribution in [0.2, 0.25) is 5.02 Å². The molecule has 0 N–H and O–H groups in total. The number of nitrogens with zero attached hydrogens (tertiary/aromatic N) is 4. The van der Waals surface area contributed by atoms with E-state index in [0.717, 1.165) is 37.5 Å². The molecule has 2 aromatic rings. The van der Waals surface area contributed by atoms with E-state index in [1.807, 2.05) is 11.4 Å². The molecule has 3 heterocycles. The minimum atomic E-state index is -0.452. The largest absolute Gasteiger partial charge is 0.464 e. The Morgan fingerprint density at radius 1 is 1.59 bits per heavy atom. The summed E-state index contributed by atoms with van der Waals surface area (Å²) >= 11 is 7.66. The first-order chi connectivity index (χ1) is 10.7. The molecule has 1 fully saturated rings. The second kappa shape index (κ2) is 6.76. The van der Waals surface area contributed by atoms with Crippen LogP contribution in [0.1, 0.15) is 34.2 Å². The molecule has 0 amide bonds. The Bertz CT molecular complexity index is 657. The third kappa shape index (κ3) is 3.48. The maximum Gasteiger partial charge on any atom is 0.360 e. The van der Waals surface area contributed by atoms with Crippen LogP contribution in [0.25, 0.3) is 0 Å². The minimum absolute atomic E-state index is 0.232. The van der Waals surface area contributed by atoms with Crippen molar-refractivity contribution >= 4 is 28.9 Å². The van der Waals surface area contributed by atoms with Crippen molar-refractivity contribution < 1.29 is 9.53 Å². The van der Waals surface area contributed by atoms with Crippen LogP contribution in [0, 0.1) is 0 Å². The smallest absolute Gasteiger partial charge is 0.360 e. The number of rotatable bonds is 4. The molecule has 8 heteroatoms. The van der Waals surface area contributed by atoms with E-state index >= 15 is 0 Å². The summed E-state index contributed by atoms with van der Waals surface area (Å²) in [5.74, 6) is -0.452. The molecule has 118 valence electrons. The van der Waals surface area contributed by atoms with Gasteiger partial charge in [0.1, 0.15) is 0 Å². The molecule has 1 atom stereocenters. The fourth-order valence-electron chi connectivity index (χ4n) is 2.70. The van der Waals surface area contributed by atoms with Crippen molar-refractivity contribution in [1.82, 2.24) is 19.9 Å². The lowest BCUT2D eigenvalue weighted by Gasteiger charge is -2.32. The van der Waals surface area contributed by atoms with Gasteiger partial charge < -0.3 is 4.74 Å². The molecule has 1 aliphatic heterocycles. The Balaban J connectivity index is 1.65. The third-order valence-electron chi connectivity index (χ3n) is 3.76. The predicted molar refractivity (Wildman–Crippen MR) is 84.2 cm³/mol. The zero-order valence-corrected chi connectivity index (χ0v) is 13.8. The fraction of sp³-hybridized carbons (Fsp3) is 0.500. The van der Waals surface area contributed by atoms with Crippen molar-refractivity contribution in [3.8, 4) is 0 Å². The summed E-state index contributed by atoms with van der Waals surface area (Å²) < 4.78 is 6.44. The van der Waals surface area contributed by atoms with Gasteiger partial charge in [-0.05, 0) is 25.5 Å². The number of hydrogen-bond donors (Lipinski definition) is 0. The number of piperidine rings is 1. The summed E-state index contributed by atoms with van der Waals surface area (Å²) in [6.07, 6.45) is 3.80. The van der Waals surface area contributed by atoms with Gasteiger partial charge in [-0.25, -0.2) is 9.48 Å². The molecule has 0 unspecified atom stereocenters. The molecule has 0 bridgehead atoms. The number of aromatic nitrogens is 3. The summed E-state index contributed by atoms with van der Waals surface area (Å²) in [6.45, 7) is 2.84. The Kier molecular flexibility index (Phi) is 4.75. The van der Waals surface area contributed by atoms with Gasteiger partial charge in [0.05, 0.1) is 24.4 Å². The highest BCUT2D eigenvalue weighted by Gasteiger charge is 2.24. The summed E-state index contributed by atoms with van der Waals surface area (Å²) in [7, 11) is 1.34. The van der Waals surface area contributed by atoms with Crippen LogP contribution in [-0.4, -0.2) is 46.1 Å². The highest BCUT2D eigenvalue weighted by Crippen LogP contribution is 2.25. The van der Waals surface area contributed by atoms with Crippen LogP contribution in [0.4, 0.5) is 0 Å². The van der Waals surface area contributed by atoms with Crippen LogP contribution < -0.4 is 0 Å². The Morgan fingerprint density at radius 3 is 3.18 bits per heavy atom. The van der Waals surface area contributed by atoms with Gasteiger partial charge >= 0.3 is 5.97 Å². The minimum Gasteiger partial charge on any atom is -0.464 e. The monoisotopic (exact) mass is 340 g/mol. The molecular formula is C14H17ClN4O2S. The molecule has 0 saturated carbocycles. The van der Waals surface area contributed by atoms with E-state index < -0.39 is 5.97 Å². The molecule has 3 rings (SSSR count). The first kappa shape index (κ1) is 15.5. The number of carbonyl (C=O) groups excluding carboxylic acids is 1. The number of ether oxygens (including phenoxy) is 1. The van der Waals surface area contributed by atoms with E-state index in [9.17, 15) is 4.79 Å². The summed E-state index contributed by atoms with van der Waals surface area (Å²) in [5.41, 5.74) is 0.254. The molecule has 1 aliphatic rings. The van der Waals surface area contributed by atoms with Gasteiger partial charge in [-0.3, -0.25) is 4.90 Å². The number of carbonyl (C=O) groups is 1. The van der Waals surface area contributed by atoms with Gasteiger partial charge in [0, 0.05) is 23.3 Å². The highest BCUT2D eigenvalue weighted by atomic mass is 35.5. The first-order valence-electron chi connectivity index (χ1n) is 7.11. The quantitative estimate of drug-likeness (QED) is 0.801. The molecule has 1 saturated heterocycles. The van der Waals surface area contributed by atoms with E-state index in [0.29, 0.717) is 0 Å². The van der Waals surface area contributed by atoms with Gasteiger partial charge in [0.25, 0.3) is 0 Å². The van der Waals surface area contributed by atoms with Gasteiger partial charge in [-0.1, -0.05) is 16.8 Å². The number of likely N-dealkylation sites (tertiary alicyclic amines) is 1. The molecule has 0 radical (unpaired) electrons. The molecule has 0 aliphatic carbocycles. The summed E-state index contributed by atoms with van der Waals surface area (Å²) in [6, 6.07) is 2.25. The average molecular weight is 341 g/mol. The van der Waals surface area contributed by atoms with Crippen LogP contribution in [0.5, 0.6) is 0 Å². The molecule has 0 aromatic carbocycles. The normalized spacial score (nSPS) is 19.3. The number of thiophene rings is 1. The van der Waals surface area contributed by atoms with Gasteiger partial charge in [-0.15, -0.1) is 16.4 Å². The predicted octanol–water partition coefficient (Wildman–Crippen LogP) is 2.62. The van der Waals surface area contributed by atoms with Crippen molar-refractivity contribution in [1.29, 1.82) is 0 Å². The highest BCUT2D eigenvalue weighted by molar-refractivity contribution is 7.10. The summed E-state index contributed by atoms with van der Waals surface area (Å²) in [4.78, 5) is 15.1. The topological polar surface area (TPSA) is 60.2 Å². The zero-order valence-electron chi connectivity index (χ0n) is 12.2. The first-order valence-corrected chi connectivity index (χ1v) is 8.37. The Labute approximate surface area is 137 Å². The zero-order chi connectivity index (χ0) is 15.5. The molecule has 6 nitrogen and oxygen atoms in total. The van der Waals surface area contributed by atoms with Crippen molar-refractivity contribution in [3.63, 3.8) is 0 Å². The lowest BCUT2D eigenvalue weighted by Crippen LogP contribution is -2.36. The van der Waals surface area contributed by atoms with E-state index in [2.05, 4.69) is 19.9 Å². The van der Waals surface area contributed by atoms with Crippen LogP contribution in [0.3, 0.4) is 0 Å². The van der Waals surface area contributed by atoms with Gasteiger partial charge in [0.15, 0.2) is 5.69 Å². The van der Waals surface area contributed by atoms with Crippen molar-refractivity contribution in [2.45, 2.75) is 25.4 Å². The van der Waals surface area contributed by atoms with Crippen molar-refractivity contribution in [3.05, 3.63) is 33.2 Å². The molecule has 22 heavy (non-hydrogen) atoms. The second-order valence-electron chi connectivity index (χ2n) is 5.34. The van der Waals surface area contributed by atoms with E-state index in [1.165, 1.54) is 12.0 Å². The maximum atomic E-state index is 11.5. The second-order valence-corrected chi connectivity index (χ2v) is 6.77. The lowest BCUT2D eigenvalue weighted by atomic mass is 10.1. The van der Waals surface area contributed by atoms with Crippen molar-refractivity contribution in [2.24, 2.45) is 0 Å². The van der Waals surface area contributed by atoms with Crippen molar-refractivity contribution in [2.75, 3.05) is 20.2 Å². The number of esters is 1. The number of halogens is 1. The van der Waals surface area contributed by atoms with Crippen LogP contribution in [0.15, 0.2) is 17.6 Å². The maximum absolute atomic E-state index is 11.5. The molecule has 0 spiro atoms. The number of methoxy groups -OCH3 is 1. The van der Waals surface area contributed by atoms with Crippen LogP contribution in [-0.2, 0) is 11.3 Å². The van der Waals surface area contributed by atoms with Gasteiger partial charge in [-0.2, -0.15) is 0 Å². The standard InChI is InChI=1S/C14H17ClN4O2S/c1-21-14(20)13-8-19(17-16-13)11-3-2-4-18(6-11)7-12-5-10(15)9-22-12/h5,8-9,11H,2-4,6-7H2,1H3/t11-/m1/s1. The summed E-state index contributed by atoms with van der Waals surface area (Å²) in [5, 5.41) is 10.7. The third-order valence-corrected chi connectivity index (χ3v) is 5.03. The molecule has 2 aromatic heterocycles. The van der Waals surface area contributed by atoms with Gasteiger partial charge in [0.2, 0.25) is 0 Å². The van der Waals surface area contributed by atoms with E-state index in [4.69, 9.17) is 11.6 Å². The van der Waals surface area contributed by atoms with E-state index in [-0.39, 0.29) is 11.7 Å². The van der Waals surface area contributed by atoms with Crippen LogP contribution >= 0.6 is 22.9 Å². The fourth-order valence-corrected chi connectivity index (χ4v) is 3.82. The SMILES string of the molecule is COC(=O)c1cn([C@@H]2CCCN(Cc3cc(Cl)cs3)C2)nn1. The van der Waals surface area contributed by atoms with E-state index in [1.54, 1.807) is 22.2 Å². The Hall–Kier alpha value is -1.44. The number of hydrogen-bond acceptors (Lipinski definition) is 6. The molecular weight excluding hydrogens is 324 g/mol. The lowest BCUT2D eigenvalue weighted by molar-refractivity contribution is 0.0594. The Morgan fingerprint density at radius 2 is 2.45 bits per heavy atom.